The normalized spacial score (nSPS) is 11.2. The van der Waals surface area contributed by atoms with Crippen LogP contribution in [0.2, 0.25) is 5.02 Å². The van der Waals surface area contributed by atoms with E-state index in [1.54, 1.807) is 6.20 Å². The summed E-state index contributed by atoms with van der Waals surface area (Å²) in [6, 6.07) is 5.90. The minimum absolute atomic E-state index is 0.0423. The second-order valence-electron chi connectivity index (χ2n) is 3.83. The predicted molar refractivity (Wildman–Crippen MR) is 77.2 cm³/mol. The van der Waals surface area contributed by atoms with Crippen molar-refractivity contribution in [3.63, 3.8) is 0 Å². The number of nitrogens with one attached hydrogen (secondary N) is 1. The first-order valence-corrected chi connectivity index (χ1v) is 8.35. The molecule has 0 saturated heterocycles. The van der Waals surface area contributed by atoms with Crippen LogP contribution >= 0.6 is 22.9 Å². The van der Waals surface area contributed by atoms with E-state index in [0.29, 0.717) is 6.42 Å². The van der Waals surface area contributed by atoms with Crippen molar-refractivity contribution in [2.45, 2.75) is 11.3 Å². The second-order valence-corrected chi connectivity index (χ2v) is 6.98. The third-order valence-electron chi connectivity index (χ3n) is 2.49. The first-order valence-electron chi connectivity index (χ1n) is 5.60. The van der Waals surface area contributed by atoms with Crippen LogP contribution in [0.3, 0.4) is 0 Å². The molecule has 0 aliphatic rings. The van der Waals surface area contributed by atoms with E-state index in [1.807, 2.05) is 11.4 Å². The number of rotatable bonds is 5. The van der Waals surface area contributed by atoms with Gasteiger partial charge in [0.1, 0.15) is 6.07 Å². The molecule has 0 fully saturated rings. The van der Waals surface area contributed by atoms with Crippen LogP contribution in [0.15, 0.2) is 34.7 Å². The maximum absolute atomic E-state index is 12.0. The molecule has 1 N–H and O–H groups in total. The number of benzene rings is 1. The Morgan fingerprint density at radius 1 is 1.45 bits per heavy atom. The molecule has 1 aromatic heterocycles. The quantitative estimate of drug-likeness (QED) is 0.912. The fourth-order valence-electron chi connectivity index (χ4n) is 1.51. The molecule has 8 heteroatoms. The minimum Gasteiger partial charge on any atom is -0.250 e. The highest BCUT2D eigenvalue weighted by Gasteiger charge is 2.15. The van der Waals surface area contributed by atoms with Gasteiger partial charge in [-0.25, -0.2) is 18.1 Å². The molecule has 0 amide bonds. The van der Waals surface area contributed by atoms with Crippen molar-refractivity contribution in [2.75, 3.05) is 6.54 Å². The molecule has 0 bridgehead atoms. The highest BCUT2D eigenvalue weighted by Crippen LogP contribution is 2.20. The molecule has 0 spiro atoms. The molecule has 104 valence electrons. The topological polar surface area (TPSA) is 82.8 Å². The van der Waals surface area contributed by atoms with E-state index in [4.69, 9.17) is 16.9 Å². The molecule has 20 heavy (non-hydrogen) atoms. The van der Waals surface area contributed by atoms with Gasteiger partial charge in [-0.1, -0.05) is 11.6 Å². The van der Waals surface area contributed by atoms with Crippen molar-refractivity contribution >= 4 is 33.0 Å². The zero-order chi connectivity index (χ0) is 14.6. The Bertz CT molecular complexity index is 737. The molecule has 2 rings (SSSR count). The first kappa shape index (κ1) is 14.9. The van der Waals surface area contributed by atoms with Crippen molar-refractivity contribution in [1.29, 1.82) is 5.26 Å². The summed E-state index contributed by atoms with van der Waals surface area (Å²) in [5, 5.41) is 11.6. The fourth-order valence-corrected chi connectivity index (χ4v) is 3.47. The van der Waals surface area contributed by atoms with E-state index in [1.165, 1.54) is 29.5 Å². The maximum atomic E-state index is 12.0. The van der Waals surface area contributed by atoms with Gasteiger partial charge in [0, 0.05) is 24.5 Å². The van der Waals surface area contributed by atoms with Gasteiger partial charge in [-0.05, 0) is 18.2 Å². The summed E-state index contributed by atoms with van der Waals surface area (Å²) < 4.78 is 26.6. The highest BCUT2D eigenvalue weighted by atomic mass is 35.5. The molecule has 1 heterocycles. The van der Waals surface area contributed by atoms with E-state index in [-0.39, 0.29) is 22.0 Å². The van der Waals surface area contributed by atoms with Gasteiger partial charge in [0.15, 0.2) is 0 Å². The monoisotopic (exact) mass is 327 g/mol. The predicted octanol–water partition coefficient (Wildman–Crippen LogP) is 2.19. The Balaban J connectivity index is 2.06. The Morgan fingerprint density at radius 2 is 2.25 bits per heavy atom. The first-order chi connectivity index (χ1) is 9.53. The number of hydrogen-bond acceptors (Lipinski definition) is 5. The molecule has 0 unspecified atom stereocenters. The van der Waals surface area contributed by atoms with Crippen LogP contribution in [0.5, 0.6) is 0 Å². The summed E-state index contributed by atoms with van der Waals surface area (Å²) in [6.45, 7) is 0.257. The summed E-state index contributed by atoms with van der Waals surface area (Å²) in [5.41, 5.74) is 0.244. The number of nitriles is 1. The van der Waals surface area contributed by atoms with E-state index >= 15 is 0 Å². The average Bonchev–Trinajstić information content (AvgIpc) is 2.91. The van der Waals surface area contributed by atoms with E-state index in [9.17, 15) is 8.42 Å². The molecule has 0 aliphatic carbocycles. The molecular formula is C12H10ClN3O2S2. The largest absolute Gasteiger partial charge is 0.250 e. The van der Waals surface area contributed by atoms with E-state index in [0.717, 1.165) is 5.01 Å². The van der Waals surface area contributed by atoms with Gasteiger partial charge in [0.25, 0.3) is 0 Å². The summed E-state index contributed by atoms with van der Waals surface area (Å²) in [7, 11) is -3.63. The van der Waals surface area contributed by atoms with E-state index in [2.05, 4.69) is 9.71 Å². The van der Waals surface area contributed by atoms with Crippen molar-refractivity contribution in [3.05, 3.63) is 45.4 Å². The van der Waals surface area contributed by atoms with Gasteiger partial charge in [0.2, 0.25) is 10.0 Å². The third kappa shape index (κ3) is 3.55. The summed E-state index contributed by atoms with van der Waals surface area (Å²) in [5.74, 6) is 0. The summed E-state index contributed by atoms with van der Waals surface area (Å²) in [4.78, 5) is 4.11. The maximum Gasteiger partial charge on any atom is 0.240 e. The number of hydrogen-bond donors (Lipinski definition) is 1. The molecule has 0 aliphatic heterocycles. The molecule has 0 radical (unpaired) electrons. The van der Waals surface area contributed by atoms with Crippen LogP contribution in [-0.2, 0) is 16.4 Å². The zero-order valence-electron chi connectivity index (χ0n) is 10.2. The Kier molecular flexibility index (Phi) is 4.73. The van der Waals surface area contributed by atoms with Crippen molar-refractivity contribution < 1.29 is 8.42 Å². The van der Waals surface area contributed by atoms with Gasteiger partial charge in [-0.15, -0.1) is 11.3 Å². The van der Waals surface area contributed by atoms with Crippen molar-refractivity contribution in [3.8, 4) is 6.07 Å². The lowest BCUT2D eigenvalue weighted by Crippen LogP contribution is -2.26. The fraction of sp³-hybridized carbons (Fsp3) is 0.167. The zero-order valence-corrected chi connectivity index (χ0v) is 12.6. The molecule has 1 aromatic carbocycles. The van der Waals surface area contributed by atoms with Crippen LogP contribution < -0.4 is 4.72 Å². The Labute approximate surface area is 125 Å². The molecule has 0 atom stereocenters. The SMILES string of the molecule is N#Cc1ccc(S(=O)(=O)NCCc2nccs2)cc1Cl. The Hall–Kier alpha value is -1.46. The number of nitrogens with zero attached hydrogens (tertiary/aromatic N) is 2. The van der Waals surface area contributed by atoms with Gasteiger partial charge in [-0.3, -0.25) is 0 Å². The lowest BCUT2D eigenvalue weighted by atomic mass is 10.2. The number of sulfonamides is 1. The second kappa shape index (κ2) is 6.33. The standard InChI is InChI=1S/C12H10ClN3O2S2/c13-11-7-10(2-1-9(11)8-14)20(17,18)16-4-3-12-15-5-6-19-12/h1-2,5-7,16H,3-4H2. The average molecular weight is 328 g/mol. The number of aromatic nitrogens is 1. The van der Waals surface area contributed by atoms with E-state index < -0.39 is 10.0 Å². The minimum atomic E-state index is -3.63. The van der Waals surface area contributed by atoms with Crippen LogP contribution in [-0.4, -0.2) is 19.9 Å². The van der Waals surface area contributed by atoms with Gasteiger partial charge in [0.05, 0.1) is 20.5 Å². The lowest BCUT2D eigenvalue weighted by Gasteiger charge is -2.06. The molecule has 0 saturated carbocycles. The molecule has 5 nitrogen and oxygen atoms in total. The molecular weight excluding hydrogens is 318 g/mol. The van der Waals surface area contributed by atoms with Crippen LogP contribution in [0.4, 0.5) is 0 Å². The van der Waals surface area contributed by atoms with Crippen LogP contribution in [0.25, 0.3) is 0 Å². The number of thiazole rings is 1. The molecule has 2 aromatic rings. The van der Waals surface area contributed by atoms with Gasteiger partial charge < -0.3 is 0 Å². The van der Waals surface area contributed by atoms with Gasteiger partial charge >= 0.3 is 0 Å². The highest BCUT2D eigenvalue weighted by molar-refractivity contribution is 7.89. The summed E-state index contributed by atoms with van der Waals surface area (Å²) in [6.07, 6.45) is 2.20. The summed E-state index contributed by atoms with van der Waals surface area (Å²) >= 11 is 7.30. The lowest BCUT2D eigenvalue weighted by molar-refractivity contribution is 0.581. The van der Waals surface area contributed by atoms with Gasteiger partial charge in [-0.2, -0.15) is 5.26 Å². The Morgan fingerprint density at radius 3 is 2.85 bits per heavy atom. The smallest absolute Gasteiger partial charge is 0.240 e. The van der Waals surface area contributed by atoms with Crippen LogP contribution in [0, 0.1) is 11.3 Å². The van der Waals surface area contributed by atoms with Crippen molar-refractivity contribution in [2.24, 2.45) is 0 Å². The van der Waals surface area contributed by atoms with Crippen LogP contribution in [0.1, 0.15) is 10.6 Å². The van der Waals surface area contributed by atoms with Crippen molar-refractivity contribution in [1.82, 2.24) is 9.71 Å². The third-order valence-corrected chi connectivity index (χ3v) is 5.10. The number of halogens is 1.